The Morgan fingerprint density at radius 2 is 1.90 bits per heavy atom. The van der Waals surface area contributed by atoms with E-state index in [9.17, 15) is 14.9 Å². The summed E-state index contributed by atoms with van der Waals surface area (Å²) in [7, 11) is 5.59. The van der Waals surface area contributed by atoms with Crippen LogP contribution in [-0.2, 0) is 4.74 Å². The predicted octanol–water partition coefficient (Wildman–Crippen LogP) is 4.32. The van der Waals surface area contributed by atoms with Crippen LogP contribution >= 0.6 is 11.6 Å². The lowest BCUT2D eigenvalue weighted by Gasteiger charge is -2.39. The molecule has 0 spiro atoms. The lowest BCUT2D eigenvalue weighted by molar-refractivity contribution is -0.384. The van der Waals surface area contributed by atoms with Gasteiger partial charge in [0.25, 0.3) is 5.69 Å². The highest BCUT2D eigenvalue weighted by Crippen LogP contribution is 2.40. The quantitative estimate of drug-likeness (QED) is 0.355. The van der Waals surface area contributed by atoms with Gasteiger partial charge in [-0.3, -0.25) is 10.1 Å². The number of anilines is 3. The van der Waals surface area contributed by atoms with Gasteiger partial charge in [0.1, 0.15) is 28.2 Å². The van der Waals surface area contributed by atoms with Crippen molar-refractivity contribution in [3.8, 4) is 11.6 Å². The van der Waals surface area contributed by atoms with Crippen LogP contribution in [0.4, 0.5) is 27.8 Å². The number of nitro benzene ring substituents is 1. The van der Waals surface area contributed by atoms with Crippen LogP contribution < -0.4 is 19.7 Å². The zero-order valence-corrected chi connectivity index (χ0v) is 24.4. The van der Waals surface area contributed by atoms with Gasteiger partial charge in [-0.2, -0.15) is 4.98 Å². The van der Waals surface area contributed by atoms with Crippen molar-refractivity contribution in [2.24, 2.45) is 0 Å². The van der Waals surface area contributed by atoms with Crippen LogP contribution in [0.2, 0.25) is 5.02 Å². The number of carbonyl (C=O) groups is 1. The van der Waals surface area contributed by atoms with Crippen LogP contribution in [-0.4, -0.2) is 95.9 Å². The fraction of sp³-hybridized carbons (Fsp3) is 0.577. The minimum absolute atomic E-state index is 0.0475. The number of nitrogens with zero attached hydrogens (tertiary/aromatic N) is 6. The Labute approximate surface area is 238 Å². The standard InChI is InChI=1S/C26H36ClN7O6/c1-26(2,3)40-25(35)33-14-17(15-33)39-23-18(27)13-28-24(30-23)29-19-11-21(34(36)37)20(12-22(19)38-6)32-9-7-16(8-10-32)31(4)5/h11-13,16-17H,7-10,14-15H2,1-6H3,(H,28,29,30). The highest BCUT2D eigenvalue weighted by atomic mass is 35.5. The molecule has 0 saturated carbocycles. The van der Waals surface area contributed by atoms with Gasteiger partial charge in [-0.15, -0.1) is 0 Å². The maximum atomic E-state index is 12.2. The van der Waals surface area contributed by atoms with Crippen molar-refractivity contribution in [1.29, 1.82) is 0 Å². The highest BCUT2D eigenvalue weighted by Gasteiger charge is 2.36. The largest absolute Gasteiger partial charge is 0.494 e. The van der Waals surface area contributed by atoms with Crippen molar-refractivity contribution >= 4 is 40.7 Å². The van der Waals surface area contributed by atoms with Crippen molar-refractivity contribution in [3.05, 3.63) is 33.5 Å². The number of aromatic nitrogens is 2. The Balaban J connectivity index is 1.48. The van der Waals surface area contributed by atoms with E-state index in [1.807, 2.05) is 19.0 Å². The molecule has 0 unspecified atom stereocenters. The number of methoxy groups -OCH3 is 1. The molecule has 218 valence electrons. The number of rotatable bonds is 8. The van der Waals surface area contributed by atoms with E-state index in [2.05, 4.69) is 20.2 Å². The maximum Gasteiger partial charge on any atom is 0.410 e. The van der Waals surface area contributed by atoms with Crippen molar-refractivity contribution in [2.45, 2.75) is 51.4 Å². The molecular weight excluding hydrogens is 542 g/mol. The molecule has 14 heteroatoms. The molecule has 2 aromatic rings. The smallest absolute Gasteiger partial charge is 0.410 e. The number of hydrogen-bond acceptors (Lipinski definition) is 11. The number of nitro groups is 1. The molecule has 2 saturated heterocycles. The minimum Gasteiger partial charge on any atom is -0.494 e. The summed E-state index contributed by atoms with van der Waals surface area (Å²) in [5, 5.41) is 15.2. The van der Waals surface area contributed by atoms with Crippen LogP contribution in [0.25, 0.3) is 0 Å². The summed E-state index contributed by atoms with van der Waals surface area (Å²) in [5.74, 6) is 0.653. The van der Waals surface area contributed by atoms with Gasteiger partial charge in [-0.1, -0.05) is 11.6 Å². The zero-order chi connectivity index (χ0) is 29.2. The molecule has 0 radical (unpaired) electrons. The van der Waals surface area contributed by atoms with Crippen molar-refractivity contribution < 1.29 is 23.9 Å². The van der Waals surface area contributed by atoms with Gasteiger partial charge in [-0.05, 0) is 47.7 Å². The van der Waals surface area contributed by atoms with Gasteiger partial charge in [-0.25, -0.2) is 9.78 Å². The van der Waals surface area contributed by atoms with Crippen LogP contribution in [0.1, 0.15) is 33.6 Å². The lowest BCUT2D eigenvalue weighted by Crippen LogP contribution is -2.57. The van der Waals surface area contributed by atoms with E-state index >= 15 is 0 Å². The Morgan fingerprint density at radius 1 is 1.23 bits per heavy atom. The first kappa shape index (κ1) is 29.4. The molecule has 4 rings (SSSR count). The first-order valence-corrected chi connectivity index (χ1v) is 13.4. The first-order chi connectivity index (χ1) is 18.8. The number of ether oxygens (including phenoxy) is 3. The number of amides is 1. The number of benzene rings is 1. The summed E-state index contributed by atoms with van der Waals surface area (Å²) < 4.78 is 16.8. The van der Waals surface area contributed by atoms with Gasteiger partial charge in [0, 0.05) is 31.3 Å². The monoisotopic (exact) mass is 577 g/mol. The van der Waals surface area contributed by atoms with Crippen LogP contribution in [0.5, 0.6) is 11.6 Å². The molecule has 1 aromatic carbocycles. The van der Waals surface area contributed by atoms with Crippen LogP contribution in [0.15, 0.2) is 18.3 Å². The predicted molar refractivity (Wildman–Crippen MR) is 151 cm³/mol. The third-order valence-electron chi connectivity index (χ3n) is 6.77. The van der Waals surface area contributed by atoms with Crippen LogP contribution in [0.3, 0.4) is 0 Å². The Bertz CT molecular complexity index is 1240. The molecule has 40 heavy (non-hydrogen) atoms. The molecule has 13 nitrogen and oxygen atoms in total. The summed E-state index contributed by atoms with van der Waals surface area (Å²) in [6, 6.07) is 3.54. The number of likely N-dealkylation sites (tertiary alicyclic amines) is 1. The number of nitrogens with one attached hydrogen (secondary N) is 1. The SMILES string of the molecule is COc1cc(N2CCC(N(C)C)CC2)c([N+](=O)[O-])cc1Nc1ncc(Cl)c(OC2CN(C(=O)OC(C)(C)C)C2)n1. The Hall–Kier alpha value is -3.58. The molecule has 1 aromatic heterocycles. The van der Waals surface area contributed by atoms with E-state index in [0.717, 1.165) is 12.8 Å². The van der Waals surface area contributed by atoms with Gasteiger partial charge >= 0.3 is 6.09 Å². The highest BCUT2D eigenvalue weighted by molar-refractivity contribution is 6.31. The van der Waals surface area contributed by atoms with Crippen molar-refractivity contribution in [2.75, 3.05) is 57.6 Å². The second kappa shape index (κ2) is 11.9. The van der Waals surface area contributed by atoms with E-state index < -0.39 is 16.6 Å². The molecule has 2 aliphatic rings. The zero-order valence-electron chi connectivity index (χ0n) is 23.6. The third-order valence-corrected chi connectivity index (χ3v) is 7.02. The summed E-state index contributed by atoms with van der Waals surface area (Å²) >= 11 is 6.27. The van der Waals surface area contributed by atoms with Crippen molar-refractivity contribution in [3.63, 3.8) is 0 Å². The third kappa shape index (κ3) is 6.94. The fourth-order valence-electron chi connectivity index (χ4n) is 4.61. The summed E-state index contributed by atoms with van der Waals surface area (Å²) in [6.07, 6.45) is 2.46. The number of hydrogen-bond donors (Lipinski definition) is 1. The average molecular weight is 578 g/mol. The molecule has 1 amide bonds. The van der Waals surface area contributed by atoms with E-state index in [4.69, 9.17) is 25.8 Å². The second-order valence-electron chi connectivity index (χ2n) is 11.1. The number of halogens is 1. The maximum absolute atomic E-state index is 12.2. The molecule has 3 heterocycles. The van der Waals surface area contributed by atoms with Gasteiger partial charge in [0.2, 0.25) is 11.8 Å². The summed E-state index contributed by atoms with van der Waals surface area (Å²) in [6.45, 7) is 7.47. The van der Waals surface area contributed by atoms with E-state index in [1.165, 1.54) is 24.3 Å². The summed E-state index contributed by atoms with van der Waals surface area (Å²) in [4.78, 5) is 38.1. The number of piperidine rings is 1. The topological polar surface area (TPSA) is 135 Å². The normalized spacial score (nSPS) is 16.5. The Kier molecular flexibility index (Phi) is 8.74. The van der Waals surface area contributed by atoms with Gasteiger partial charge < -0.3 is 34.2 Å². The second-order valence-corrected chi connectivity index (χ2v) is 11.5. The lowest BCUT2D eigenvalue weighted by atomic mass is 10.0. The minimum atomic E-state index is -0.586. The molecule has 0 bridgehead atoms. The average Bonchev–Trinajstić information content (AvgIpc) is 2.86. The van der Waals surface area contributed by atoms with E-state index in [-0.39, 0.29) is 28.6 Å². The first-order valence-electron chi connectivity index (χ1n) is 13.1. The molecule has 0 atom stereocenters. The van der Waals surface area contributed by atoms with E-state index in [1.54, 1.807) is 26.8 Å². The molecule has 2 fully saturated rings. The number of carbonyl (C=O) groups excluding carboxylic acids is 1. The van der Waals surface area contributed by atoms with Crippen LogP contribution in [0, 0.1) is 10.1 Å². The van der Waals surface area contributed by atoms with Crippen molar-refractivity contribution in [1.82, 2.24) is 19.8 Å². The van der Waals surface area contributed by atoms with E-state index in [0.29, 0.717) is 49.3 Å². The molecule has 2 aliphatic heterocycles. The molecular formula is C26H36ClN7O6. The molecule has 0 aliphatic carbocycles. The summed E-state index contributed by atoms with van der Waals surface area (Å²) in [5.41, 5.74) is 0.199. The Morgan fingerprint density at radius 3 is 2.48 bits per heavy atom. The van der Waals surface area contributed by atoms with Gasteiger partial charge in [0.15, 0.2) is 0 Å². The van der Waals surface area contributed by atoms with Gasteiger partial charge in [0.05, 0.1) is 37.0 Å². The molecule has 1 N–H and O–H groups in total. The fourth-order valence-corrected chi connectivity index (χ4v) is 4.74.